The van der Waals surface area contributed by atoms with Crippen molar-refractivity contribution in [2.24, 2.45) is 4.99 Å². The summed E-state index contributed by atoms with van der Waals surface area (Å²) in [5, 5.41) is 8.66. The topological polar surface area (TPSA) is 65.5 Å². The summed E-state index contributed by atoms with van der Waals surface area (Å²) in [6.45, 7) is 1.95. The lowest BCUT2D eigenvalue weighted by Crippen LogP contribution is -2.46. The first-order valence-electron chi connectivity index (χ1n) is 9.46. The minimum atomic E-state index is -4.67. The Hall–Kier alpha value is -2.32. The van der Waals surface area contributed by atoms with Crippen LogP contribution in [0.15, 0.2) is 23.2 Å². The minimum absolute atomic E-state index is 0.0299. The van der Waals surface area contributed by atoms with Crippen molar-refractivity contribution >= 4 is 11.9 Å². The predicted molar refractivity (Wildman–Crippen MR) is 99.2 cm³/mol. The van der Waals surface area contributed by atoms with Gasteiger partial charge in [0.05, 0.1) is 18.7 Å². The van der Waals surface area contributed by atoms with Crippen molar-refractivity contribution in [1.82, 2.24) is 16.0 Å². The monoisotopic (exact) mass is 402 g/mol. The summed E-state index contributed by atoms with van der Waals surface area (Å²) in [5.41, 5.74) is -1.19. The molecule has 0 heterocycles. The van der Waals surface area contributed by atoms with Gasteiger partial charge in [0, 0.05) is 12.6 Å². The third-order valence-electron chi connectivity index (χ3n) is 4.52. The van der Waals surface area contributed by atoms with Gasteiger partial charge in [-0.15, -0.1) is 0 Å². The van der Waals surface area contributed by atoms with Crippen LogP contribution in [-0.2, 0) is 17.5 Å². The van der Waals surface area contributed by atoms with E-state index in [1.807, 2.05) is 0 Å². The maximum absolute atomic E-state index is 13.2. The number of guanidine groups is 1. The number of rotatable bonds is 6. The van der Waals surface area contributed by atoms with Crippen LogP contribution in [-0.4, -0.2) is 31.0 Å². The molecule has 0 spiro atoms. The molecule has 0 saturated heterocycles. The summed E-state index contributed by atoms with van der Waals surface area (Å²) >= 11 is 0. The maximum Gasteiger partial charge on any atom is 0.416 e. The van der Waals surface area contributed by atoms with Gasteiger partial charge >= 0.3 is 6.18 Å². The Morgan fingerprint density at radius 1 is 1.18 bits per heavy atom. The number of amides is 1. The number of alkyl halides is 3. The lowest BCUT2D eigenvalue weighted by atomic mass is 9.95. The minimum Gasteiger partial charge on any atom is -0.357 e. The van der Waals surface area contributed by atoms with Gasteiger partial charge in [-0.25, -0.2) is 9.38 Å². The zero-order valence-electron chi connectivity index (χ0n) is 15.8. The Bertz CT molecular complexity index is 685. The molecular formula is C19H26F4N4O. The predicted octanol–water partition coefficient (Wildman–Crippen LogP) is 3.35. The third-order valence-corrected chi connectivity index (χ3v) is 4.52. The molecule has 2 rings (SSSR count). The average molecular weight is 402 g/mol. The van der Waals surface area contributed by atoms with E-state index in [1.165, 1.54) is 6.42 Å². The molecule has 0 radical (unpaired) electrons. The van der Waals surface area contributed by atoms with Crippen LogP contribution in [0.4, 0.5) is 17.6 Å². The van der Waals surface area contributed by atoms with Crippen LogP contribution >= 0.6 is 0 Å². The van der Waals surface area contributed by atoms with Crippen LogP contribution in [0, 0.1) is 5.82 Å². The van der Waals surface area contributed by atoms with Crippen molar-refractivity contribution < 1.29 is 22.4 Å². The summed E-state index contributed by atoms with van der Waals surface area (Å²) in [7, 11) is 0. The number of hydrogen-bond donors (Lipinski definition) is 3. The molecule has 1 amide bonds. The first kappa shape index (κ1) is 22.0. The normalized spacial score (nSPS) is 16.0. The molecule has 1 aromatic rings. The molecule has 1 saturated carbocycles. The molecule has 1 fully saturated rings. The van der Waals surface area contributed by atoms with E-state index in [-0.39, 0.29) is 36.6 Å². The zero-order valence-corrected chi connectivity index (χ0v) is 15.8. The zero-order chi connectivity index (χ0) is 20.6. The summed E-state index contributed by atoms with van der Waals surface area (Å²) in [4.78, 5) is 16.2. The van der Waals surface area contributed by atoms with E-state index in [0.29, 0.717) is 12.6 Å². The summed E-state index contributed by atoms with van der Waals surface area (Å²) in [6, 6.07) is 2.68. The van der Waals surface area contributed by atoms with Gasteiger partial charge in [-0.3, -0.25) is 4.79 Å². The number of nitrogens with one attached hydrogen (secondary N) is 3. The first-order valence-corrected chi connectivity index (χ1v) is 9.46. The molecule has 5 nitrogen and oxygen atoms in total. The largest absolute Gasteiger partial charge is 0.416 e. The summed E-state index contributed by atoms with van der Waals surface area (Å²) < 4.78 is 52.4. The Morgan fingerprint density at radius 2 is 1.89 bits per heavy atom. The fraction of sp³-hybridized carbons (Fsp3) is 0.579. The molecule has 28 heavy (non-hydrogen) atoms. The molecule has 1 aromatic carbocycles. The van der Waals surface area contributed by atoms with Crippen LogP contribution in [0.3, 0.4) is 0 Å². The van der Waals surface area contributed by atoms with E-state index in [9.17, 15) is 22.4 Å². The highest BCUT2D eigenvalue weighted by molar-refractivity contribution is 5.86. The molecule has 1 aliphatic rings. The molecule has 0 aromatic heterocycles. The third kappa shape index (κ3) is 7.01. The van der Waals surface area contributed by atoms with Crippen molar-refractivity contribution in [1.29, 1.82) is 0 Å². The number of nitrogens with zero attached hydrogens (tertiary/aromatic N) is 1. The molecule has 1 aliphatic carbocycles. The van der Waals surface area contributed by atoms with Gasteiger partial charge in [0.25, 0.3) is 0 Å². The van der Waals surface area contributed by atoms with E-state index in [1.54, 1.807) is 6.92 Å². The Morgan fingerprint density at radius 3 is 2.54 bits per heavy atom. The van der Waals surface area contributed by atoms with Gasteiger partial charge in [0.15, 0.2) is 5.96 Å². The molecular weight excluding hydrogens is 376 g/mol. The smallest absolute Gasteiger partial charge is 0.357 e. The van der Waals surface area contributed by atoms with Crippen LogP contribution in [0.2, 0.25) is 0 Å². The molecule has 9 heteroatoms. The van der Waals surface area contributed by atoms with Crippen LogP contribution < -0.4 is 16.0 Å². The standard InChI is InChI=1S/C19H26F4N4O/c1-2-24-18(26-12-17(28)27-15-6-4-3-5-7-15)25-11-13-8-9-14(20)10-16(13)19(21,22)23/h8-10,15H,2-7,11-12H2,1H3,(H,27,28)(H2,24,25,26). The highest BCUT2D eigenvalue weighted by Gasteiger charge is 2.33. The van der Waals surface area contributed by atoms with Gasteiger partial charge < -0.3 is 16.0 Å². The fourth-order valence-corrected chi connectivity index (χ4v) is 3.15. The van der Waals surface area contributed by atoms with Crippen LogP contribution in [0.5, 0.6) is 0 Å². The Balaban J connectivity index is 1.97. The maximum atomic E-state index is 13.2. The number of carbonyl (C=O) groups is 1. The lowest BCUT2D eigenvalue weighted by Gasteiger charge is -2.23. The second-order valence-corrected chi connectivity index (χ2v) is 6.75. The Labute approximate surface area is 162 Å². The van der Waals surface area contributed by atoms with Crippen molar-refractivity contribution in [2.75, 3.05) is 13.1 Å². The van der Waals surface area contributed by atoms with Crippen molar-refractivity contribution in [2.45, 2.75) is 57.8 Å². The average Bonchev–Trinajstić information content (AvgIpc) is 2.65. The highest BCUT2D eigenvalue weighted by atomic mass is 19.4. The number of aliphatic imine (C=N–C) groups is 1. The molecule has 3 N–H and O–H groups in total. The number of carbonyl (C=O) groups excluding carboxylic acids is 1. The molecule has 0 aliphatic heterocycles. The molecule has 0 unspecified atom stereocenters. The van der Waals surface area contributed by atoms with Gasteiger partial charge in [-0.05, 0) is 37.5 Å². The Kier molecular flexibility index (Phi) is 8.07. The summed E-state index contributed by atoms with van der Waals surface area (Å²) in [6.07, 6.45) is 0.641. The molecule has 0 bridgehead atoms. The van der Waals surface area contributed by atoms with E-state index in [2.05, 4.69) is 20.9 Å². The van der Waals surface area contributed by atoms with E-state index < -0.39 is 17.6 Å². The fourth-order valence-electron chi connectivity index (χ4n) is 3.15. The second kappa shape index (κ2) is 10.3. The lowest BCUT2D eigenvalue weighted by molar-refractivity contribution is -0.138. The van der Waals surface area contributed by atoms with Crippen LogP contribution in [0.1, 0.15) is 50.2 Å². The van der Waals surface area contributed by atoms with Gasteiger partial charge in [-0.1, -0.05) is 25.3 Å². The number of halogens is 4. The van der Waals surface area contributed by atoms with Crippen LogP contribution in [0.25, 0.3) is 0 Å². The van der Waals surface area contributed by atoms with Gasteiger partial charge in [0.1, 0.15) is 5.82 Å². The SMILES string of the molecule is CCNC(=NCc1ccc(F)cc1C(F)(F)F)NCC(=O)NC1CCCCC1. The summed E-state index contributed by atoms with van der Waals surface area (Å²) in [5.74, 6) is -0.918. The van der Waals surface area contributed by atoms with Gasteiger partial charge in [-0.2, -0.15) is 13.2 Å². The van der Waals surface area contributed by atoms with Crippen molar-refractivity contribution in [3.8, 4) is 0 Å². The van der Waals surface area contributed by atoms with E-state index >= 15 is 0 Å². The molecule has 0 atom stereocenters. The second-order valence-electron chi connectivity index (χ2n) is 6.75. The molecule has 156 valence electrons. The first-order chi connectivity index (χ1) is 13.3. The number of benzene rings is 1. The van der Waals surface area contributed by atoms with Crippen molar-refractivity contribution in [3.63, 3.8) is 0 Å². The van der Waals surface area contributed by atoms with Crippen molar-refractivity contribution in [3.05, 3.63) is 35.1 Å². The highest BCUT2D eigenvalue weighted by Crippen LogP contribution is 2.32. The van der Waals surface area contributed by atoms with Gasteiger partial charge in [0.2, 0.25) is 5.91 Å². The quantitative estimate of drug-likeness (QED) is 0.388. The number of hydrogen-bond acceptors (Lipinski definition) is 2. The van der Waals surface area contributed by atoms with E-state index in [0.717, 1.165) is 37.8 Å². The van der Waals surface area contributed by atoms with E-state index in [4.69, 9.17) is 0 Å².